The number of ether oxygens (including phenoxy) is 1. The lowest BCUT2D eigenvalue weighted by Gasteiger charge is -2.11. The lowest BCUT2D eigenvalue weighted by Crippen LogP contribution is -2.37. The number of nitrogens with two attached hydrogens (primary N) is 1. The molecule has 0 aliphatic heterocycles. The molecule has 0 aliphatic carbocycles. The molecule has 4 heteroatoms. The Morgan fingerprint density at radius 2 is 2.06 bits per heavy atom. The lowest BCUT2D eigenvalue weighted by molar-refractivity contribution is -0.121. The van der Waals surface area contributed by atoms with E-state index >= 15 is 0 Å². The van der Waals surface area contributed by atoms with Crippen molar-refractivity contribution in [2.45, 2.75) is 25.8 Å². The highest BCUT2D eigenvalue weighted by molar-refractivity contribution is 5.76. The number of rotatable bonds is 6. The summed E-state index contributed by atoms with van der Waals surface area (Å²) in [4.78, 5) is 11.5. The van der Waals surface area contributed by atoms with Gasteiger partial charge >= 0.3 is 0 Å². The van der Waals surface area contributed by atoms with Gasteiger partial charge in [0.05, 0.1) is 7.11 Å². The van der Waals surface area contributed by atoms with Crippen molar-refractivity contribution in [2.75, 3.05) is 13.7 Å². The van der Waals surface area contributed by atoms with E-state index in [4.69, 9.17) is 10.5 Å². The van der Waals surface area contributed by atoms with Crippen molar-refractivity contribution < 1.29 is 9.53 Å². The fourth-order valence-corrected chi connectivity index (χ4v) is 1.46. The van der Waals surface area contributed by atoms with Crippen LogP contribution in [-0.2, 0) is 11.2 Å². The Balaban J connectivity index is 2.36. The number of carbonyl (C=O) groups excluding carboxylic acids is 1. The first-order valence-corrected chi connectivity index (χ1v) is 5.78. The average Bonchev–Trinajstić information content (AvgIpc) is 2.36. The number of hydrogen-bond acceptors (Lipinski definition) is 3. The molecule has 1 unspecified atom stereocenters. The van der Waals surface area contributed by atoms with Gasteiger partial charge in [0, 0.05) is 19.0 Å². The standard InChI is InChI=1S/C13H20N2O2/c1-10(9-14)15-13(16)8-5-11-3-6-12(17-2)7-4-11/h3-4,6-7,10H,5,8-9,14H2,1-2H3,(H,15,16). The van der Waals surface area contributed by atoms with Gasteiger partial charge in [-0.3, -0.25) is 4.79 Å². The van der Waals surface area contributed by atoms with E-state index in [9.17, 15) is 4.79 Å². The summed E-state index contributed by atoms with van der Waals surface area (Å²) in [6.45, 7) is 2.36. The summed E-state index contributed by atoms with van der Waals surface area (Å²) in [5.74, 6) is 0.869. The molecule has 94 valence electrons. The van der Waals surface area contributed by atoms with Gasteiger partial charge in [-0.1, -0.05) is 12.1 Å². The van der Waals surface area contributed by atoms with Crippen molar-refractivity contribution in [2.24, 2.45) is 5.73 Å². The van der Waals surface area contributed by atoms with Crippen LogP contribution >= 0.6 is 0 Å². The molecule has 0 bridgehead atoms. The normalized spacial score (nSPS) is 11.9. The molecule has 0 saturated heterocycles. The van der Waals surface area contributed by atoms with Gasteiger partial charge in [0.15, 0.2) is 0 Å². The maximum Gasteiger partial charge on any atom is 0.220 e. The van der Waals surface area contributed by atoms with Crippen LogP contribution in [0.2, 0.25) is 0 Å². The molecule has 0 saturated carbocycles. The van der Waals surface area contributed by atoms with Crippen molar-refractivity contribution in [3.8, 4) is 5.75 Å². The van der Waals surface area contributed by atoms with Crippen molar-refractivity contribution in [3.05, 3.63) is 29.8 Å². The Morgan fingerprint density at radius 1 is 1.41 bits per heavy atom. The van der Waals surface area contributed by atoms with Crippen LogP contribution in [0, 0.1) is 0 Å². The fourth-order valence-electron chi connectivity index (χ4n) is 1.46. The summed E-state index contributed by atoms with van der Waals surface area (Å²) in [5.41, 5.74) is 6.56. The molecule has 0 heterocycles. The SMILES string of the molecule is COc1ccc(CCC(=O)NC(C)CN)cc1. The molecule has 0 fully saturated rings. The van der Waals surface area contributed by atoms with Crippen molar-refractivity contribution in [1.29, 1.82) is 0 Å². The minimum Gasteiger partial charge on any atom is -0.497 e. The average molecular weight is 236 g/mol. The molecule has 1 atom stereocenters. The Bertz CT molecular complexity index is 349. The second kappa shape index (κ2) is 6.91. The van der Waals surface area contributed by atoms with E-state index in [1.807, 2.05) is 31.2 Å². The molecule has 1 amide bonds. The van der Waals surface area contributed by atoms with Gasteiger partial charge in [-0.15, -0.1) is 0 Å². The van der Waals surface area contributed by atoms with Crippen LogP contribution in [0.3, 0.4) is 0 Å². The molecule has 0 aliphatic rings. The summed E-state index contributed by atoms with van der Waals surface area (Å²) in [7, 11) is 1.64. The molecule has 1 rings (SSSR count). The molecule has 3 N–H and O–H groups in total. The second-order valence-corrected chi connectivity index (χ2v) is 4.05. The molecule has 4 nitrogen and oxygen atoms in total. The largest absolute Gasteiger partial charge is 0.497 e. The number of carbonyl (C=O) groups is 1. The van der Waals surface area contributed by atoms with Gasteiger partial charge in [0.1, 0.15) is 5.75 Å². The summed E-state index contributed by atoms with van der Waals surface area (Å²) in [5, 5.41) is 2.83. The summed E-state index contributed by atoms with van der Waals surface area (Å²) in [6.07, 6.45) is 1.21. The predicted molar refractivity (Wildman–Crippen MR) is 68.0 cm³/mol. The zero-order valence-corrected chi connectivity index (χ0v) is 10.4. The maximum absolute atomic E-state index is 11.5. The third-order valence-electron chi connectivity index (χ3n) is 2.56. The molecule has 1 aromatic carbocycles. The Hall–Kier alpha value is -1.55. The lowest BCUT2D eigenvalue weighted by atomic mass is 10.1. The van der Waals surface area contributed by atoms with Gasteiger partial charge in [-0.2, -0.15) is 0 Å². The van der Waals surface area contributed by atoms with E-state index in [0.29, 0.717) is 13.0 Å². The minimum absolute atomic E-state index is 0.0402. The van der Waals surface area contributed by atoms with E-state index in [-0.39, 0.29) is 11.9 Å². The van der Waals surface area contributed by atoms with Crippen LogP contribution in [-0.4, -0.2) is 25.6 Å². The summed E-state index contributed by atoms with van der Waals surface area (Å²) in [6, 6.07) is 7.78. The van der Waals surface area contributed by atoms with Crippen LogP contribution in [0.4, 0.5) is 0 Å². The minimum atomic E-state index is 0.0402. The highest BCUT2D eigenvalue weighted by Gasteiger charge is 2.05. The Kier molecular flexibility index (Phi) is 5.49. The van der Waals surface area contributed by atoms with E-state index in [1.54, 1.807) is 7.11 Å². The first-order chi connectivity index (χ1) is 8.15. The predicted octanol–water partition coefficient (Wildman–Crippen LogP) is 1.09. The molecule has 1 aromatic rings. The third kappa shape index (κ3) is 4.87. The summed E-state index contributed by atoms with van der Waals surface area (Å²) < 4.78 is 5.07. The quantitative estimate of drug-likeness (QED) is 0.777. The van der Waals surface area contributed by atoms with Gasteiger partial charge in [-0.25, -0.2) is 0 Å². The number of methoxy groups -OCH3 is 1. The van der Waals surface area contributed by atoms with Crippen LogP contribution in [0.1, 0.15) is 18.9 Å². The van der Waals surface area contributed by atoms with Crippen LogP contribution in [0.15, 0.2) is 24.3 Å². The van der Waals surface area contributed by atoms with E-state index in [0.717, 1.165) is 17.7 Å². The van der Waals surface area contributed by atoms with Gasteiger partial charge < -0.3 is 15.8 Å². The van der Waals surface area contributed by atoms with Crippen LogP contribution in [0.5, 0.6) is 5.75 Å². The zero-order chi connectivity index (χ0) is 12.7. The number of aryl methyl sites for hydroxylation is 1. The van der Waals surface area contributed by atoms with Crippen LogP contribution < -0.4 is 15.8 Å². The molecule has 0 radical (unpaired) electrons. The van der Waals surface area contributed by atoms with Crippen molar-refractivity contribution in [3.63, 3.8) is 0 Å². The second-order valence-electron chi connectivity index (χ2n) is 4.05. The van der Waals surface area contributed by atoms with E-state index < -0.39 is 0 Å². The Morgan fingerprint density at radius 3 is 2.59 bits per heavy atom. The fraction of sp³-hybridized carbons (Fsp3) is 0.462. The monoisotopic (exact) mass is 236 g/mol. The van der Waals surface area contributed by atoms with E-state index in [1.165, 1.54) is 0 Å². The number of hydrogen-bond donors (Lipinski definition) is 2. The molecular formula is C13H20N2O2. The van der Waals surface area contributed by atoms with Gasteiger partial charge in [0.25, 0.3) is 0 Å². The molecular weight excluding hydrogens is 216 g/mol. The maximum atomic E-state index is 11.5. The topological polar surface area (TPSA) is 64.3 Å². The molecule has 17 heavy (non-hydrogen) atoms. The third-order valence-corrected chi connectivity index (χ3v) is 2.56. The zero-order valence-electron chi connectivity index (χ0n) is 10.4. The van der Waals surface area contributed by atoms with Crippen LogP contribution in [0.25, 0.3) is 0 Å². The van der Waals surface area contributed by atoms with Gasteiger partial charge in [0.2, 0.25) is 5.91 Å². The molecule has 0 spiro atoms. The number of benzene rings is 1. The highest BCUT2D eigenvalue weighted by atomic mass is 16.5. The summed E-state index contributed by atoms with van der Waals surface area (Å²) >= 11 is 0. The first kappa shape index (κ1) is 13.5. The number of amides is 1. The van der Waals surface area contributed by atoms with Crippen molar-refractivity contribution >= 4 is 5.91 Å². The number of nitrogens with one attached hydrogen (secondary N) is 1. The smallest absolute Gasteiger partial charge is 0.220 e. The van der Waals surface area contributed by atoms with Gasteiger partial charge in [-0.05, 0) is 31.0 Å². The first-order valence-electron chi connectivity index (χ1n) is 5.78. The Labute approximate surface area is 102 Å². The highest BCUT2D eigenvalue weighted by Crippen LogP contribution is 2.12. The van der Waals surface area contributed by atoms with Crippen molar-refractivity contribution in [1.82, 2.24) is 5.32 Å². The van der Waals surface area contributed by atoms with E-state index in [2.05, 4.69) is 5.32 Å². The molecule has 0 aromatic heterocycles.